The molecule has 156 valence electrons. The van der Waals surface area contributed by atoms with Gasteiger partial charge in [0.05, 0.1) is 30.3 Å². The van der Waals surface area contributed by atoms with Crippen molar-refractivity contribution in [3.8, 4) is 11.1 Å². The molecule has 0 bridgehead atoms. The lowest BCUT2D eigenvalue weighted by Crippen LogP contribution is -2.36. The molecule has 1 aliphatic carbocycles. The number of morpholine rings is 1. The predicted molar refractivity (Wildman–Crippen MR) is 117 cm³/mol. The Morgan fingerprint density at radius 3 is 2.48 bits per heavy atom. The van der Waals surface area contributed by atoms with E-state index in [1.54, 1.807) is 30.3 Å². The number of benzene rings is 3. The predicted octanol–water partition coefficient (Wildman–Crippen LogP) is 3.71. The highest BCUT2D eigenvalue weighted by Gasteiger charge is 2.30. The van der Waals surface area contributed by atoms with Crippen molar-refractivity contribution in [3.05, 3.63) is 77.1 Å². The topological polar surface area (TPSA) is 84.7 Å². The van der Waals surface area contributed by atoms with Crippen molar-refractivity contribution >= 4 is 28.8 Å². The first-order valence-electron chi connectivity index (χ1n) is 10.0. The van der Waals surface area contributed by atoms with E-state index in [-0.39, 0.29) is 17.2 Å². The summed E-state index contributed by atoms with van der Waals surface area (Å²) in [6.07, 6.45) is 0. The number of fused-ring (bicyclic) bond motifs is 3. The van der Waals surface area contributed by atoms with Gasteiger partial charge >= 0.3 is 0 Å². The SMILES string of the molecule is Nc1cc(N2CCOCC2)c(F)cc1NC(=O)c1cccc2c1-c1ccccc1C2=O. The molecular formula is C24H20FN3O3. The molecule has 1 fully saturated rings. The molecule has 0 spiro atoms. The first-order valence-corrected chi connectivity index (χ1v) is 10.0. The summed E-state index contributed by atoms with van der Waals surface area (Å²) in [5, 5.41) is 2.71. The minimum atomic E-state index is -0.467. The molecule has 7 heteroatoms. The van der Waals surface area contributed by atoms with Crippen molar-refractivity contribution in [2.24, 2.45) is 0 Å². The van der Waals surface area contributed by atoms with Crippen LogP contribution in [0.25, 0.3) is 11.1 Å². The third-order valence-corrected chi connectivity index (χ3v) is 5.71. The summed E-state index contributed by atoms with van der Waals surface area (Å²) < 4.78 is 20.1. The van der Waals surface area contributed by atoms with Gasteiger partial charge in [0, 0.05) is 41.4 Å². The molecule has 0 radical (unpaired) electrons. The maximum absolute atomic E-state index is 14.8. The van der Waals surface area contributed by atoms with Crippen molar-refractivity contribution in [2.45, 2.75) is 0 Å². The third-order valence-electron chi connectivity index (χ3n) is 5.71. The number of nitrogen functional groups attached to an aromatic ring is 1. The second-order valence-corrected chi connectivity index (χ2v) is 7.55. The summed E-state index contributed by atoms with van der Waals surface area (Å²) in [5.74, 6) is -1.03. The van der Waals surface area contributed by atoms with E-state index in [1.807, 2.05) is 17.0 Å². The van der Waals surface area contributed by atoms with E-state index in [1.165, 1.54) is 12.1 Å². The number of nitrogens with two attached hydrogens (primary N) is 1. The number of halogens is 1. The van der Waals surface area contributed by atoms with E-state index in [2.05, 4.69) is 5.32 Å². The van der Waals surface area contributed by atoms with Crippen LogP contribution in [0.3, 0.4) is 0 Å². The molecule has 6 nitrogen and oxygen atoms in total. The van der Waals surface area contributed by atoms with Gasteiger partial charge in [-0.1, -0.05) is 36.4 Å². The van der Waals surface area contributed by atoms with Gasteiger partial charge in [0.15, 0.2) is 5.78 Å². The molecule has 3 aromatic rings. The number of nitrogens with zero attached hydrogens (tertiary/aromatic N) is 1. The Hall–Kier alpha value is -3.71. The molecule has 1 heterocycles. The Morgan fingerprint density at radius 2 is 1.71 bits per heavy atom. The van der Waals surface area contributed by atoms with E-state index in [9.17, 15) is 14.0 Å². The number of hydrogen-bond donors (Lipinski definition) is 2. The number of carbonyl (C=O) groups excluding carboxylic acids is 2. The van der Waals surface area contributed by atoms with Crippen LogP contribution in [0.4, 0.5) is 21.5 Å². The lowest BCUT2D eigenvalue weighted by Gasteiger charge is -2.29. The van der Waals surface area contributed by atoms with E-state index >= 15 is 0 Å². The highest BCUT2D eigenvalue weighted by Crippen LogP contribution is 2.39. The molecule has 1 amide bonds. The molecule has 5 rings (SSSR count). The highest BCUT2D eigenvalue weighted by atomic mass is 19.1. The van der Waals surface area contributed by atoms with Crippen LogP contribution in [0.2, 0.25) is 0 Å². The maximum atomic E-state index is 14.8. The van der Waals surface area contributed by atoms with Gasteiger partial charge < -0.3 is 20.7 Å². The van der Waals surface area contributed by atoms with E-state index in [0.717, 1.165) is 5.56 Å². The van der Waals surface area contributed by atoms with Gasteiger partial charge in [0.25, 0.3) is 5.91 Å². The third kappa shape index (κ3) is 3.23. The average molecular weight is 417 g/mol. The Bertz CT molecular complexity index is 1220. The fraction of sp³-hybridized carbons (Fsp3) is 0.167. The molecule has 0 saturated carbocycles. The zero-order chi connectivity index (χ0) is 21.5. The smallest absolute Gasteiger partial charge is 0.256 e. The van der Waals surface area contributed by atoms with Crippen molar-refractivity contribution in [3.63, 3.8) is 0 Å². The first kappa shape index (κ1) is 19.3. The average Bonchev–Trinajstić information content (AvgIpc) is 3.09. The molecule has 3 aromatic carbocycles. The van der Waals surface area contributed by atoms with Gasteiger partial charge in [0.1, 0.15) is 5.82 Å². The van der Waals surface area contributed by atoms with Gasteiger partial charge in [-0.2, -0.15) is 0 Å². The summed E-state index contributed by atoms with van der Waals surface area (Å²) in [6, 6.07) is 15.0. The van der Waals surface area contributed by atoms with Crippen molar-refractivity contribution in [1.82, 2.24) is 0 Å². The number of amides is 1. The monoisotopic (exact) mass is 417 g/mol. The van der Waals surface area contributed by atoms with Crippen LogP contribution in [0.1, 0.15) is 26.3 Å². The Morgan fingerprint density at radius 1 is 1.00 bits per heavy atom. The number of rotatable bonds is 3. The lowest BCUT2D eigenvalue weighted by molar-refractivity contribution is 0.102. The van der Waals surface area contributed by atoms with Crippen LogP contribution in [-0.2, 0) is 4.74 Å². The van der Waals surface area contributed by atoms with Crippen LogP contribution in [0.15, 0.2) is 54.6 Å². The van der Waals surface area contributed by atoms with Crippen LogP contribution >= 0.6 is 0 Å². The standard InChI is InChI=1S/C24H20FN3O3/c25-18-12-20(19(26)13-21(18)28-8-10-31-11-9-28)27-24(30)17-7-3-6-16-22(17)14-4-1-2-5-15(14)23(16)29/h1-7,12-13H,8-11,26H2,(H,27,30). The van der Waals surface area contributed by atoms with Gasteiger partial charge in [-0.25, -0.2) is 4.39 Å². The number of carbonyl (C=O) groups is 2. The summed E-state index contributed by atoms with van der Waals surface area (Å²) in [7, 11) is 0. The van der Waals surface area contributed by atoms with Crippen LogP contribution < -0.4 is 16.0 Å². The van der Waals surface area contributed by atoms with Gasteiger partial charge in [-0.15, -0.1) is 0 Å². The minimum absolute atomic E-state index is 0.110. The van der Waals surface area contributed by atoms with Crippen molar-refractivity contribution in [1.29, 1.82) is 0 Å². The normalized spacial score (nSPS) is 14.9. The quantitative estimate of drug-likeness (QED) is 0.497. The summed E-state index contributed by atoms with van der Waals surface area (Å²) in [5.41, 5.74) is 9.68. The van der Waals surface area contributed by atoms with Crippen molar-refractivity contribution < 1.29 is 18.7 Å². The zero-order valence-corrected chi connectivity index (χ0v) is 16.7. The second kappa shape index (κ2) is 7.52. The number of anilines is 3. The molecule has 2 aliphatic rings. The second-order valence-electron chi connectivity index (χ2n) is 7.55. The zero-order valence-electron chi connectivity index (χ0n) is 16.7. The van der Waals surface area contributed by atoms with Crippen molar-refractivity contribution in [2.75, 3.05) is 42.3 Å². The Labute approximate surface area is 178 Å². The van der Waals surface area contributed by atoms with E-state index in [0.29, 0.717) is 54.2 Å². The first-order chi connectivity index (χ1) is 15.0. The number of nitrogens with one attached hydrogen (secondary N) is 1. The molecule has 0 unspecified atom stereocenters. The van der Waals surface area contributed by atoms with Crippen LogP contribution in [-0.4, -0.2) is 38.0 Å². The van der Waals surface area contributed by atoms with Gasteiger partial charge in [-0.05, 0) is 17.7 Å². The number of hydrogen-bond acceptors (Lipinski definition) is 5. The number of ketones is 1. The van der Waals surface area contributed by atoms with E-state index < -0.39 is 11.7 Å². The maximum Gasteiger partial charge on any atom is 0.256 e. The van der Waals surface area contributed by atoms with E-state index in [4.69, 9.17) is 10.5 Å². The molecule has 0 atom stereocenters. The molecule has 1 aliphatic heterocycles. The summed E-state index contributed by atoms with van der Waals surface area (Å²) in [4.78, 5) is 27.7. The van der Waals surface area contributed by atoms with Gasteiger partial charge in [-0.3, -0.25) is 9.59 Å². The largest absolute Gasteiger partial charge is 0.397 e. The highest BCUT2D eigenvalue weighted by molar-refractivity contribution is 6.25. The van der Waals surface area contributed by atoms with Gasteiger partial charge in [0.2, 0.25) is 0 Å². The fourth-order valence-electron chi connectivity index (χ4n) is 4.19. The van der Waals surface area contributed by atoms with Crippen LogP contribution in [0, 0.1) is 5.82 Å². The Kier molecular flexibility index (Phi) is 4.67. The molecule has 0 aromatic heterocycles. The Balaban J connectivity index is 1.48. The molecule has 3 N–H and O–H groups in total. The molecule has 1 saturated heterocycles. The minimum Gasteiger partial charge on any atom is -0.397 e. The summed E-state index contributed by atoms with van der Waals surface area (Å²) >= 11 is 0. The fourth-order valence-corrected chi connectivity index (χ4v) is 4.19. The van der Waals surface area contributed by atoms with Crippen LogP contribution in [0.5, 0.6) is 0 Å². The number of ether oxygens (including phenoxy) is 1. The molecular weight excluding hydrogens is 397 g/mol. The molecule has 31 heavy (non-hydrogen) atoms. The summed E-state index contributed by atoms with van der Waals surface area (Å²) in [6.45, 7) is 2.20. The lowest BCUT2D eigenvalue weighted by atomic mass is 9.99.